The SMILES string of the molecule is CNC(=O)c1cc(-n2c(N[C@@H](C)c3ccc(OC(F)(F)F)cc3)nc3c(c2=O)C[C@@H](C)N(C(=O)c2ccc(Cl)c(Cl)c2)C3)n[nH]1. The van der Waals surface area contributed by atoms with E-state index < -0.39 is 29.9 Å². The highest BCUT2D eigenvalue weighted by Gasteiger charge is 2.33. The molecule has 0 bridgehead atoms. The molecule has 2 aromatic heterocycles. The third kappa shape index (κ3) is 6.76. The number of aromatic amines is 1. The zero-order valence-electron chi connectivity index (χ0n) is 24.0. The number of anilines is 1. The summed E-state index contributed by atoms with van der Waals surface area (Å²) in [4.78, 5) is 46.0. The molecule has 45 heavy (non-hydrogen) atoms. The molecule has 0 aliphatic carbocycles. The number of aromatic nitrogens is 4. The lowest BCUT2D eigenvalue weighted by atomic mass is 9.98. The average Bonchev–Trinajstić information content (AvgIpc) is 3.47. The van der Waals surface area contributed by atoms with Gasteiger partial charge in [-0.15, -0.1) is 13.2 Å². The molecule has 2 amide bonds. The third-order valence-electron chi connectivity index (χ3n) is 7.27. The van der Waals surface area contributed by atoms with Crippen molar-refractivity contribution in [2.75, 3.05) is 12.4 Å². The van der Waals surface area contributed by atoms with Crippen LogP contribution in [-0.4, -0.2) is 55.9 Å². The Balaban J connectivity index is 1.53. The number of carbonyl (C=O) groups is 2. The van der Waals surface area contributed by atoms with Gasteiger partial charge in [-0.3, -0.25) is 19.5 Å². The molecule has 236 valence electrons. The standard InChI is InChI=1S/C29H26Cl2F3N7O4/c1-14-10-19-23(13-40(14)26(43)17-6-9-20(30)21(31)11-17)37-28(41(27(19)44)24-12-22(38-39-24)25(42)35-3)36-15(2)16-4-7-18(8-5-16)45-29(32,33)34/h4-9,11-12,14-15H,10,13H2,1-3H3,(H,35,42)(H,36,37)(H,38,39)/t14-,15+/m1/s1. The van der Waals surface area contributed by atoms with Gasteiger partial charge >= 0.3 is 6.36 Å². The summed E-state index contributed by atoms with van der Waals surface area (Å²) in [7, 11) is 1.45. The van der Waals surface area contributed by atoms with Crippen LogP contribution in [0.15, 0.2) is 53.3 Å². The van der Waals surface area contributed by atoms with Crippen LogP contribution in [-0.2, 0) is 13.0 Å². The van der Waals surface area contributed by atoms with Gasteiger partial charge in [-0.05, 0) is 56.2 Å². The van der Waals surface area contributed by atoms with Crippen molar-refractivity contribution in [1.29, 1.82) is 0 Å². The van der Waals surface area contributed by atoms with Gasteiger partial charge in [-0.1, -0.05) is 35.3 Å². The number of amides is 2. The molecular formula is C29H26Cl2F3N7O4. The third-order valence-corrected chi connectivity index (χ3v) is 8.00. The van der Waals surface area contributed by atoms with Gasteiger partial charge in [-0.2, -0.15) is 5.10 Å². The highest BCUT2D eigenvalue weighted by atomic mass is 35.5. The van der Waals surface area contributed by atoms with Gasteiger partial charge in [0.1, 0.15) is 11.4 Å². The molecule has 1 aliphatic heterocycles. The summed E-state index contributed by atoms with van der Waals surface area (Å²) in [6.45, 7) is 3.53. The van der Waals surface area contributed by atoms with Crippen LogP contribution >= 0.6 is 23.2 Å². The summed E-state index contributed by atoms with van der Waals surface area (Å²) in [5.41, 5.74) is 1.21. The Morgan fingerprint density at radius 1 is 1.11 bits per heavy atom. The molecule has 5 rings (SSSR count). The molecule has 4 aromatic rings. The summed E-state index contributed by atoms with van der Waals surface area (Å²) in [6.07, 6.45) is -4.66. The van der Waals surface area contributed by atoms with Gasteiger partial charge < -0.3 is 20.3 Å². The number of nitrogens with zero attached hydrogens (tertiary/aromatic N) is 4. The van der Waals surface area contributed by atoms with Gasteiger partial charge in [-0.25, -0.2) is 9.55 Å². The Labute approximate surface area is 264 Å². The molecule has 2 atom stereocenters. The van der Waals surface area contributed by atoms with Crippen molar-refractivity contribution in [3.63, 3.8) is 0 Å². The Kier molecular flexibility index (Phi) is 8.81. The van der Waals surface area contributed by atoms with Crippen molar-refractivity contribution in [2.24, 2.45) is 0 Å². The van der Waals surface area contributed by atoms with Crippen molar-refractivity contribution < 1.29 is 27.5 Å². The van der Waals surface area contributed by atoms with Crippen LogP contribution in [0.5, 0.6) is 5.75 Å². The van der Waals surface area contributed by atoms with Gasteiger partial charge in [0.05, 0.1) is 28.3 Å². The van der Waals surface area contributed by atoms with Crippen molar-refractivity contribution in [3.8, 4) is 11.6 Å². The molecule has 1 aliphatic rings. The minimum absolute atomic E-state index is 0.00224. The number of hydrogen-bond acceptors (Lipinski definition) is 7. The molecule has 0 saturated carbocycles. The maximum absolute atomic E-state index is 14.0. The number of ether oxygens (including phenoxy) is 1. The van der Waals surface area contributed by atoms with Crippen LogP contribution in [0.2, 0.25) is 10.0 Å². The molecule has 11 nitrogen and oxygen atoms in total. The maximum atomic E-state index is 14.0. The fraction of sp³-hybridized carbons (Fsp3) is 0.276. The smallest absolute Gasteiger partial charge is 0.406 e. The average molecular weight is 664 g/mol. The normalized spacial score (nSPS) is 15.3. The van der Waals surface area contributed by atoms with Crippen molar-refractivity contribution >= 4 is 41.0 Å². The van der Waals surface area contributed by atoms with E-state index in [1.54, 1.807) is 24.8 Å². The lowest BCUT2D eigenvalue weighted by Crippen LogP contribution is -2.46. The van der Waals surface area contributed by atoms with E-state index in [9.17, 15) is 27.6 Å². The molecular weight excluding hydrogens is 638 g/mol. The Morgan fingerprint density at radius 2 is 1.82 bits per heavy atom. The topological polar surface area (TPSA) is 134 Å². The molecule has 0 saturated heterocycles. The van der Waals surface area contributed by atoms with E-state index in [0.29, 0.717) is 27.4 Å². The van der Waals surface area contributed by atoms with E-state index in [0.717, 1.165) is 0 Å². The molecule has 16 heteroatoms. The molecule has 0 spiro atoms. The lowest BCUT2D eigenvalue weighted by molar-refractivity contribution is -0.274. The molecule has 0 radical (unpaired) electrons. The van der Waals surface area contributed by atoms with E-state index in [1.807, 2.05) is 0 Å². The van der Waals surface area contributed by atoms with Crippen LogP contribution in [0.3, 0.4) is 0 Å². The maximum Gasteiger partial charge on any atom is 0.573 e. The Hall–Kier alpha value is -4.56. The minimum Gasteiger partial charge on any atom is -0.406 e. The summed E-state index contributed by atoms with van der Waals surface area (Å²) in [5, 5.41) is 12.9. The first-order chi connectivity index (χ1) is 21.3. The molecule has 0 fully saturated rings. The number of halogens is 5. The zero-order valence-corrected chi connectivity index (χ0v) is 25.5. The first-order valence-corrected chi connectivity index (χ1v) is 14.3. The molecule has 2 aromatic carbocycles. The highest BCUT2D eigenvalue weighted by molar-refractivity contribution is 6.42. The summed E-state index contributed by atoms with van der Waals surface area (Å²) >= 11 is 12.2. The summed E-state index contributed by atoms with van der Waals surface area (Å²) in [6, 6.07) is 10.2. The minimum atomic E-state index is -4.84. The number of carbonyl (C=O) groups excluding carboxylic acids is 2. The lowest BCUT2D eigenvalue weighted by Gasteiger charge is -2.34. The van der Waals surface area contributed by atoms with E-state index in [-0.39, 0.29) is 47.1 Å². The first kappa shape index (κ1) is 31.9. The number of nitrogens with one attached hydrogen (secondary N) is 3. The predicted molar refractivity (Wildman–Crippen MR) is 160 cm³/mol. The highest BCUT2D eigenvalue weighted by Crippen LogP contribution is 2.29. The number of hydrogen-bond donors (Lipinski definition) is 3. The van der Waals surface area contributed by atoms with Crippen LogP contribution in [0.1, 0.15) is 57.6 Å². The molecule has 3 N–H and O–H groups in total. The summed E-state index contributed by atoms with van der Waals surface area (Å²) < 4.78 is 43.1. The predicted octanol–water partition coefficient (Wildman–Crippen LogP) is 5.28. The van der Waals surface area contributed by atoms with E-state index in [1.165, 1.54) is 54.1 Å². The first-order valence-electron chi connectivity index (χ1n) is 13.6. The van der Waals surface area contributed by atoms with Crippen molar-refractivity contribution in [2.45, 2.75) is 45.3 Å². The van der Waals surface area contributed by atoms with Gasteiger partial charge in [0.2, 0.25) is 5.95 Å². The number of rotatable bonds is 7. The number of H-pyrrole nitrogens is 1. The second kappa shape index (κ2) is 12.4. The van der Waals surface area contributed by atoms with E-state index >= 15 is 0 Å². The number of benzene rings is 2. The van der Waals surface area contributed by atoms with E-state index in [4.69, 9.17) is 28.2 Å². The van der Waals surface area contributed by atoms with Crippen LogP contribution in [0.4, 0.5) is 19.1 Å². The van der Waals surface area contributed by atoms with Crippen molar-refractivity contribution in [3.05, 3.63) is 97.0 Å². The van der Waals surface area contributed by atoms with Gasteiger partial charge in [0.25, 0.3) is 17.4 Å². The molecule has 3 heterocycles. The van der Waals surface area contributed by atoms with Crippen LogP contribution in [0.25, 0.3) is 5.82 Å². The second-order valence-corrected chi connectivity index (χ2v) is 11.1. The van der Waals surface area contributed by atoms with Gasteiger partial charge in [0, 0.05) is 30.3 Å². The fourth-order valence-electron chi connectivity index (χ4n) is 4.95. The van der Waals surface area contributed by atoms with Crippen molar-refractivity contribution in [1.82, 2.24) is 30.0 Å². The molecule has 0 unspecified atom stereocenters. The quantitative estimate of drug-likeness (QED) is 0.245. The zero-order chi connectivity index (χ0) is 32.6. The van der Waals surface area contributed by atoms with Gasteiger partial charge in [0.15, 0.2) is 5.82 Å². The summed E-state index contributed by atoms with van der Waals surface area (Å²) in [5.74, 6) is -1.06. The van der Waals surface area contributed by atoms with Crippen LogP contribution in [0, 0.1) is 0 Å². The Morgan fingerprint density at radius 3 is 2.47 bits per heavy atom. The Bertz CT molecular complexity index is 1830. The number of alkyl halides is 3. The number of fused-ring (bicyclic) bond motifs is 1. The van der Waals surface area contributed by atoms with E-state index in [2.05, 4.69) is 25.6 Å². The van der Waals surface area contributed by atoms with Crippen LogP contribution < -0.4 is 20.9 Å². The second-order valence-electron chi connectivity index (χ2n) is 10.3. The fourth-order valence-corrected chi connectivity index (χ4v) is 5.24. The largest absolute Gasteiger partial charge is 0.573 e. The monoisotopic (exact) mass is 663 g/mol.